The van der Waals surface area contributed by atoms with Crippen LogP contribution in [0.25, 0.3) is 0 Å². The van der Waals surface area contributed by atoms with Gasteiger partial charge in [0.1, 0.15) is 12.6 Å². The monoisotopic (exact) mass is 597 g/mol. The van der Waals surface area contributed by atoms with Gasteiger partial charge in [-0.2, -0.15) is 0 Å². The van der Waals surface area contributed by atoms with E-state index in [2.05, 4.69) is 5.32 Å². The molecule has 0 aliphatic carbocycles. The zero-order valence-electron chi connectivity index (χ0n) is 24.9. The van der Waals surface area contributed by atoms with Gasteiger partial charge >= 0.3 is 0 Å². The highest BCUT2D eigenvalue weighted by molar-refractivity contribution is 7.92. The third-order valence-corrected chi connectivity index (χ3v) is 8.87. The lowest BCUT2D eigenvalue weighted by Crippen LogP contribution is -2.53. The number of carbonyl (C=O) groups is 2. The summed E-state index contributed by atoms with van der Waals surface area (Å²) in [5.41, 5.74) is 3.16. The largest absolute Gasteiger partial charge is 0.354 e. The first-order valence-corrected chi connectivity index (χ1v) is 15.9. The molecule has 0 aliphatic rings. The Morgan fingerprint density at radius 1 is 0.744 bits per heavy atom. The average Bonchev–Trinajstić information content (AvgIpc) is 3.02. The molecule has 0 spiro atoms. The smallest absolute Gasteiger partial charge is 0.264 e. The van der Waals surface area contributed by atoms with Crippen molar-refractivity contribution >= 4 is 27.5 Å². The maximum atomic E-state index is 14.4. The summed E-state index contributed by atoms with van der Waals surface area (Å²) < 4.78 is 29.0. The number of rotatable bonds is 13. The second-order valence-electron chi connectivity index (χ2n) is 11.0. The number of amides is 2. The molecule has 0 saturated carbocycles. The number of nitrogens with zero attached hydrogens (tertiary/aromatic N) is 2. The number of aryl methyl sites for hydroxylation is 1. The van der Waals surface area contributed by atoms with E-state index in [0.717, 1.165) is 21.0 Å². The lowest BCUT2D eigenvalue weighted by atomic mass is 10.0. The summed E-state index contributed by atoms with van der Waals surface area (Å²) >= 11 is 0. The van der Waals surface area contributed by atoms with Crippen molar-refractivity contribution in [3.63, 3.8) is 0 Å². The normalized spacial score (nSPS) is 12.0. The van der Waals surface area contributed by atoms with Crippen molar-refractivity contribution < 1.29 is 18.0 Å². The number of carbonyl (C=O) groups excluding carboxylic acids is 2. The summed E-state index contributed by atoms with van der Waals surface area (Å²) in [6, 6.07) is 33.1. The Kier molecular flexibility index (Phi) is 10.7. The molecule has 0 aromatic heterocycles. The molecular formula is C35H39N3O4S. The molecule has 0 saturated heterocycles. The van der Waals surface area contributed by atoms with Crippen LogP contribution in [-0.2, 0) is 32.6 Å². The molecule has 1 unspecified atom stereocenters. The molecule has 4 aromatic carbocycles. The van der Waals surface area contributed by atoms with Crippen molar-refractivity contribution in [1.82, 2.24) is 10.2 Å². The van der Waals surface area contributed by atoms with Crippen LogP contribution in [0.1, 0.15) is 30.5 Å². The summed E-state index contributed by atoms with van der Waals surface area (Å²) in [6.45, 7) is 6.11. The second-order valence-corrected chi connectivity index (χ2v) is 12.9. The number of benzene rings is 4. The SMILES string of the molecule is Cc1ccc(CN(C(=O)CN(c2ccccc2)S(=O)(=O)c2ccccc2)C(Cc2ccccc2)C(=O)NCC(C)C)cc1. The average molecular weight is 598 g/mol. The van der Waals surface area contributed by atoms with Crippen LogP contribution in [0, 0.1) is 12.8 Å². The van der Waals surface area contributed by atoms with E-state index in [1.807, 2.05) is 75.4 Å². The van der Waals surface area contributed by atoms with Gasteiger partial charge in [0.25, 0.3) is 10.0 Å². The number of hydrogen-bond acceptors (Lipinski definition) is 4. The summed E-state index contributed by atoms with van der Waals surface area (Å²) in [6.07, 6.45) is 0.277. The molecule has 2 amide bonds. The summed E-state index contributed by atoms with van der Waals surface area (Å²) in [4.78, 5) is 29.8. The summed E-state index contributed by atoms with van der Waals surface area (Å²) in [5.74, 6) is -0.549. The predicted octanol–water partition coefficient (Wildman–Crippen LogP) is 5.60. The molecule has 0 aliphatic heterocycles. The lowest BCUT2D eigenvalue weighted by Gasteiger charge is -2.34. The standard InChI is InChI=1S/C35H39N3O4S/c1-27(2)24-36-35(40)33(23-29-13-7-4-8-14-29)37(25-30-21-19-28(3)20-22-30)34(39)26-38(31-15-9-5-10-16-31)43(41,42)32-17-11-6-12-18-32/h4-22,27,33H,23-26H2,1-3H3,(H,36,40). The Morgan fingerprint density at radius 2 is 1.30 bits per heavy atom. The van der Waals surface area contributed by atoms with E-state index in [0.29, 0.717) is 12.2 Å². The van der Waals surface area contributed by atoms with Gasteiger partial charge in [-0.25, -0.2) is 8.42 Å². The van der Waals surface area contributed by atoms with Crippen LogP contribution in [0.2, 0.25) is 0 Å². The van der Waals surface area contributed by atoms with Crippen molar-refractivity contribution in [2.75, 3.05) is 17.4 Å². The van der Waals surface area contributed by atoms with E-state index >= 15 is 0 Å². The third-order valence-electron chi connectivity index (χ3n) is 7.08. The van der Waals surface area contributed by atoms with Crippen molar-refractivity contribution in [2.24, 2.45) is 5.92 Å². The molecule has 0 fully saturated rings. The van der Waals surface area contributed by atoms with Gasteiger partial charge in [0.2, 0.25) is 11.8 Å². The highest BCUT2D eigenvalue weighted by atomic mass is 32.2. The quantitative estimate of drug-likeness (QED) is 0.217. The van der Waals surface area contributed by atoms with Gasteiger partial charge in [-0.15, -0.1) is 0 Å². The summed E-state index contributed by atoms with van der Waals surface area (Å²) in [7, 11) is -4.10. The minimum atomic E-state index is -4.10. The number of sulfonamides is 1. The zero-order valence-corrected chi connectivity index (χ0v) is 25.7. The van der Waals surface area contributed by atoms with E-state index in [-0.39, 0.29) is 29.7 Å². The van der Waals surface area contributed by atoms with E-state index in [4.69, 9.17) is 0 Å². The van der Waals surface area contributed by atoms with Crippen molar-refractivity contribution in [3.05, 3.63) is 132 Å². The predicted molar refractivity (Wildman–Crippen MR) is 171 cm³/mol. The van der Waals surface area contributed by atoms with Gasteiger partial charge in [-0.05, 0) is 48.2 Å². The topological polar surface area (TPSA) is 86.8 Å². The lowest BCUT2D eigenvalue weighted by molar-refractivity contribution is -0.140. The van der Waals surface area contributed by atoms with Crippen LogP contribution in [0.4, 0.5) is 5.69 Å². The highest BCUT2D eigenvalue weighted by Crippen LogP contribution is 2.25. The number of nitrogens with one attached hydrogen (secondary N) is 1. The molecule has 0 radical (unpaired) electrons. The van der Waals surface area contributed by atoms with Gasteiger partial charge < -0.3 is 10.2 Å². The van der Waals surface area contributed by atoms with E-state index in [1.165, 1.54) is 17.0 Å². The molecule has 1 atom stereocenters. The van der Waals surface area contributed by atoms with Crippen molar-refractivity contribution in [3.8, 4) is 0 Å². The fourth-order valence-electron chi connectivity index (χ4n) is 4.71. The van der Waals surface area contributed by atoms with Crippen molar-refractivity contribution in [1.29, 1.82) is 0 Å². The zero-order chi connectivity index (χ0) is 30.8. The van der Waals surface area contributed by atoms with E-state index in [9.17, 15) is 18.0 Å². The Labute approximate surface area is 255 Å². The first-order chi connectivity index (χ1) is 20.6. The highest BCUT2D eigenvalue weighted by Gasteiger charge is 2.34. The fourth-order valence-corrected chi connectivity index (χ4v) is 6.14. The van der Waals surface area contributed by atoms with Gasteiger partial charge in [-0.1, -0.05) is 110 Å². The molecule has 8 heteroatoms. The van der Waals surface area contributed by atoms with Crippen LogP contribution in [-0.4, -0.2) is 44.3 Å². The minimum Gasteiger partial charge on any atom is -0.354 e. The van der Waals surface area contributed by atoms with E-state index < -0.39 is 28.5 Å². The maximum Gasteiger partial charge on any atom is 0.264 e. The summed E-state index contributed by atoms with van der Waals surface area (Å²) in [5, 5.41) is 3.01. The molecule has 1 N–H and O–H groups in total. The van der Waals surface area contributed by atoms with Crippen LogP contribution in [0.15, 0.2) is 120 Å². The first kappa shape index (κ1) is 31.5. The molecule has 0 heterocycles. The molecule has 4 aromatic rings. The number of anilines is 1. The fraction of sp³-hybridized carbons (Fsp3) is 0.257. The first-order valence-electron chi connectivity index (χ1n) is 14.4. The van der Waals surface area contributed by atoms with E-state index in [1.54, 1.807) is 48.5 Å². The van der Waals surface area contributed by atoms with Crippen LogP contribution in [0.5, 0.6) is 0 Å². The van der Waals surface area contributed by atoms with Crippen LogP contribution < -0.4 is 9.62 Å². The Morgan fingerprint density at radius 3 is 1.88 bits per heavy atom. The van der Waals surface area contributed by atoms with Crippen molar-refractivity contribution in [2.45, 2.75) is 44.7 Å². The third kappa shape index (κ3) is 8.55. The number of para-hydroxylation sites is 1. The molecule has 4 rings (SSSR count). The van der Waals surface area contributed by atoms with Gasteiger partial charge in [0.15, 0.2) is 0 Å². The molecule has 43 heavy (non-hydrogen) atoms. The Balaban J connectivity index is 1.77. The van der Waals surface area contributed by atoms with Gasteiger partial charge in [-0.3, -0.25) is 13.9 Å². The maximum absolute atomic E-state index is 14.4. The second kappa shape index (κ2) is 14.6. The van der Waals surface area contributed by atoms with Gasteiger partial charge in [0.05, 0.1) is 10.6 Å². The number of hydrogen-bond donors (Lipinski definition) is 1. The Bertz CT molecular complexity index is 1580. The van der Waals surface area contributed by atoms with Crippen LogP contribution in [0.3, 0.4) is 0 Å². The van der Waals surface area contributed by atoms with Crippen LogP contribution >= 0.6 is 0 Å². The minimum absolute atomic E-state index is 0.0762. The Hall–Kier alpha value is -4.43. The molecule has 7 nitrogen and oxygen atoms in total. The molecule has 224 valence electrons. The van der Waals surface area contributed by atoms with Gasteiger partial charge in [0, 0.05) is 19.5 Å². The molecule has 0 bridgehead atoms. The molecular weight excluding hydrogens is 558 g/mol.